The Morgan fingerprint density at radius 1 is 1.00 bits per heavy atom. The minimum absolute atomic E-state index is 0.590. The van der Waals surface area contributed by atoms with Gasteiger partial charge in [0.15, 0.2) is 0 Å². The van der Waals surface area contributed by atoms with Crippen LogP contribution in [0.3, 0.4) is 0 Å². The molecule has 4 aliphatic rings. The van der Waals surface area contributed by atoms with Gasteiger partial charge in [-0.3, -0.25) is 0 Å². The van der Waals surface area contributed by atoms with Crippen LogP contribution in [0.1, 0.15) is 48.5 Å². The van der Waals surface area contributed by atoms with Gasteiger partial charge in [-0.2, -0.15) is 0 Å². The maximum absolute atomic E-state index is 5.78. The molecule has 4 bridgehead atoms. The van der Waals surface area contributed by atoms with Crippen LogP contribution in [0.2, 0.25) is 0 Å². The van der Waals surface area contributed by atoms with E-state index in [2.05, 4.69) is 10.2 Å². The van der Waals surface area contributed by atoms with Crippen LogP contribution in [-0.2, 0) is 12.8 Å². The molecule has 2 nitrogen and oxygen atoms in total. The number of hydrogen-bond donors (Lipinski definition) is 0. The molecule has 0 amide bonds. The van der Waals surface area contributed by atoms with Crippen molar-refractivity contribution in [2.75, 3.05) is 5.88 Å². The summed E-state index contributed by atoms with van der Waals surface area (Å²) in [6, 6.07) is 0. The molecule has 0 N–H and O–H groups in total. The lowest BCUT2D eigenvalue weighted by Crippen LogP contribution is -2.47. The first-order valence-corrected chi connectivity index (χ1v) is 8.97. The fourth-order valence-electron chi connectivity index (χ4n) is 5.37. The smallest absolute Gasteiger partial charge is 0.118 e. The van der Waals surface area contributed by atoms with Gasteiger partial charge in [-0.25, -0.2) is 0 Å². The van der Waals surface area contributed by atoms with Gasteiger partial charge in [-0.05, 0) is 61.7 Å². The first kappa shape index (κ1) is 12.6. The van der Waals surface area contributed by atoms with Gasteiger partial charge in [0.1, 0.15) is 10.0 Å². The third-order valence-corrected chi connectivity index (χ3v) is 6.68. The Kier molecular flexibility index (Phi) is 3.11. The van der Waals surface area contributed by atoms with Crippen molar-refractivity contribution >= 4 is 22.9 Å². The van der Waals surface area contributed by atoms with Crippen LogP contribution in [0.15, 0.2) is 0 Å². The van der Waals surface area contributed by atoms with Crippen LogP contribution < -0.4 is 0 Å². The van der Waals surface area contributed by atoms with Crippen molar-refractivity contribution in [1.29, 1.82) is 0 Å². The summed E-state index contributed by atoms with van der Waals surface area (Å²) in [6.45, 7) is 0. The van der Waals surface area contributed by atoms with Crippen LogP contribution >= 0.6 is 22.9 Å². The zero-order valence-electron chi connectivity index (χ0n) is 11.3. The Morgan fingerprint density at radius 2 is 1.58 bits per heavy atom. The third-order valence-electron chi connectivity index (χ3n) is 5.51. The highest BCUT2D eigenvalue weighted by atomic mass is 35.5. The summed E-state index contributed by atoms with van der Waals surface area (Å²) in [5.41, 5.74) is 0.590. The van der Waals surface area contributed by atoms with Gasteiger partial charge in [0, 0.05) is 18.7 Å². The quantitative estimate of drug-likeness (QED) is 0.783. The van der Waals surface area contributed by atoms with Crippen molar-refractivity contribution in [3.63, 3.8) is 0 Å². The van der Waals surface area contributed by atoms with Crippen molar-refractivity contribution in [3.05, 3.63) is 10.0 Å². The second-order valence-corrected chi connectivity index (χ2v) is 8.65. The second kappa shape index (κ2) is 4.70. The van der Waals surface area contributed by atoms with Gasteiger partial charge < -0.3 is 0 Å². The van der Waals surface area contributed by atoms with Gasteiger partial charge in [0.05, 0.1) is 0 Å². The lowest BCUT2D eigenvalue weighted by atomic mass is 9.49. The van der Waals surface area contributed by atoms with E-state index in [1.165, 1.54) is 50.0 Å². The normalized spacial score (nSPS) is 39.9. The number of alkyl halides is 1. The number of aryl methyl sites for hydroxylation is 1. The molecule has 0 radical (unpaired) electrons. The summed E-state index contributed by atoms with van der Waals surface area (Å²) in [5, 5.41) is 11.1. The maximum atomic E-state index is 5.78. The van der Waals surface area contributed by atoms with E-state index in [4.69, 9.17) is 11.6 Å². The molecule has 0 spiro atoms. The molecule has 5 rings (SSSR count). The highest BCUT2D eigenvalue weighted by Crippen LogP contribution is 2.61. The van der Waals surface area contributed by atoms with E-state index in [0.717, 1.165) is 29.2 Å². The fraction of sp³-hybridized carbons (Fsp3) is 0.867. The first-order chi connectivity index (χ1) is 9.25. The van der Waals surface area contributed by atoms with Crippen LogP contribution in [0.25, 0.3) is 0 Å². The molecule has 0 saturated heterocycles. The van der Waals surface area contributed by atoms with Crippen molar-refractivity contribution in [3.8, 4) is 0 Å². The predicted molar refractivity (Wildman–Crippen MR) is 78.6 cm³/mol. The molecule has 0 aromatic carbocycles. The maximum Gasteiger partial charge on any atom is 0.118 e. The zero-order chi connectivity index (χ0) is 12.9. The molecule has 19 heavy (non-hydrogen) atoms. The second-order valence-electron chi connectivity index (χ2n) is 7.12. The van der Waals surface area contributed by atoms with Gasteiger partial charge in [0.25, 0.3) is 0 Å². The average molecular weight is 297 g/mol. The molecular weight excluding hydrogens is 276 g/mol. The summed E-state index contributed by atoms with van der Waals surface area (Å²) >= 11 is 7.58. The monoisotopic (exact) mass is 296 g/mol. The highest BCUT2D eigenvalue weighted by Gasteiger charge is 2.50. The van der Waals surface area contributed by atoms with E-state index in [9.17, 15) is 0 Å². The Bertz CT molecular complexity index is 435. The molecule has 4 saturated carbocycles. The average Bonchev–Trinajstić information content (AvgIpc) is 2.74. The van der Waals surface area contributed by atoms with Gasteiger partial charge in [0.2, 0.25) is 0 Å². The molecule has 0 unspecified atom stereocenters. The summed E-state index contributed by atoms with van der Waals surface area (Å²) < 4.78 is 0. The molecule has 1 aromatic rings. The first-order valence-electron chi connectivity index (χ1n) is 7.62. The number of nitrogens with zero attached hydrogens (tertiary/aromatic N) is 2. The standard InChI is InChI=1S/C15H21ClN2S/c16-2-1-13-17-18-14(19-13)9-15-6-10-3-11(7-15)5-12(4-10)8-15/h10-12H,1-9H2. The molecule has 0 aliphatic heterocycles. The Hall–Kier alpha value is -0.150. The SMILES string of the molecule is ClCCc1nnc(CC23CC4CC(CC(C4)C2)C3)s1. The van der Waals surface area contributed by atoms with E-state index in [0.29, 0.717) is 11.3 Å². The fourth-order valence-corrected chi connectivity index (χ4v) is 6.68. The van der Waals surface area contributed by atoms with E-state index in [-0.39, 0.29) is 0 Å². The Balaban J connectivity index is 1.52. The van der Waals surface area contributed by atoms with Crippen LogP contribution in [0.5, 0.6) is 0 Å². The van der Waals surface area contributed by atoms with Crippen LogP contribution in [0.4, 0.5) is 0 Å². The van der Waals surface area contributed by atoms with Crippen molar-refractivity contribution in [2.24, 2.45) is 23.2 Å². The number of hydrogen-bond acceptors (Lipinski definition) is 3. The molecule has 4 aliphatic carbocycles. The predicted octanol–water partition coefficient (Wildman–Crippen LogP) is 4.08. The topological polar surface area (TPSA) is 25.8 Å². The van der Waals surface area contributed by atoms with E-state index >= 15 is 0 Å². The Morgan fingerprint density at radius 3 is 2.16 bits per heavy atom. The van der Waals surface area contributed by atoms with Crippen molar-refractivity contribution in [2.45, 2.75) is 51.4 Å². The summed E-state index contributed by atoms with van der Waals surface area (Å²) in [5.74, 6) is 3.75. The summed E-state index contributed by atoms with van der Waals surface area (Å²) in [4.78, 5) is 0. The lowest BCUT2D eigenvalue weighted by Gasteiger charge is -2.56. The minimum Gasteiger partial charge on any atom is -0.144 e. The van der Waals surface area contributed by atoms with Gasteiger partial charge in [-0.1, -0.05) is 0 Å². The highest BCUT2D eigenvalue weighted by molar-refractivity contribution is 7.11. The molecule has 104 valence electrons. The molecular formula is C15H21ClN2S. The van der Waals surface area contributed by atoms with Crippen molar-refractivity contribution in [1.82, 2.24) is 10.2 Å². The summed E-state index contributed by atoms with van der Waals surface area (Å²) in [7, 11) is 0. The number of aromatic nitrogens is 2. The largest absolute Gasteiger partial charge is 0.144 e. The summed E-state index contributed by atoms with van der Waals surface area (Å²) in [6.07, 6.45) is 11.0. The van der Waals surface area contributed by atoms with E-state index in [1.54, 1.807) is 11.3 Å². The molecule has 0 atom stereocenters. The number of halogens is 1. The van der Waals surface area contributed by atoms with Crippen LogP contribution in [-0.4, -0.2) is 16.1 Å². The number of rotatable bonds is 4. The molecule has 4 fully saturated rings. The van der Waals surface area contributed by atoms with Crippen molar-refractivity contribution < 1.29 is 0 Å². The van der Waals surface area contributed by atoms with Crippen LogP contribution in [0, 0.1) is 23.2 Å². The van der Waals surface area contributed by atoms with E-state index in [1.807, 2.05) is 0 Å². The van der Waals surface area contributed by atoms with E-state index < -0.39 is 0 Å². The third kappa shape index (κ3) is 2.33. The Labute approximate surface area is 124 Å². The lowest BCUT2D eigenvalue weighted by molar-refractivity contribution is -0.0522. The molecule has 4 heteroatoms. The van der Waals surface area contributed by atoms with Gasteiger partial charge >= 0.3 is 0 Å². The molecule has 1 heterocycles. The minimum atomic E-state index is 0.590. The van der Waals surface area contributed by atoms with Gasteiger partial charge in [-0.15, -0.1) is 33.1 Å². The zero-order valence-corrected chi connectivity index (χ0v) is 12.8. The molecule has 1 aromatic heterocycles.